The largest absolute Gasteiger partial charge is 0.471 e. The summed E-state index contributed by atoms with van der Waals surface area (Å²) in [5, 5.41) is 6.52. The summed E-state index contributed by atoms with van der Waals surface area (Å²) in [4.78, 5) is 20.1. The highest BCUT2D eigenvalue weighted by atomic mass is 19.4. The van der Waals surface area contributed by atoms with Crippen LogP contribution in [0, 0.1) is 5.82 Å². The third-order valence-corrected chi connectivity index (χ3v) is 4.68. The highest BCUT2D eigenvalue weighted by Gasteiger charge is 2.59. The first-order chi connectivity index (χ1) is 14.6. The number of amides is 1. The molecule has 13 heteroatoms. The second kappa shape index (κ2) is 7.32. The fraction of sp³-hybridized carbons (Fsp3) is 0.278. The van der Waals surface area contributed by atoms with Crippen molar-refractivity contribution in [1.82, 2.24) is 20.2 Å². The Morgan fingerprint density at radius 1 is 1.10 bits per heavy atom. The molecule has 31 heavy (non-hydrogen) atoms. The van der Waals surface area contributed by atoms with Gasteiger partial charge in [-0.3, -0.25) is 9.69 Å². The van der Waals surface area contributed by atoms with Gasteiger partial charge in [0.05, 0.1) is 11.1 Å². The molecular weight excluding hydrogens is 432 g/mol. The molecule has 4 rings (SSSR count). The van der Waals surface area contributed by atoms with Crippen LogP contribution in [0.2, 0.25) is 0 Å². The number of halogens is 6. The van der Waals surface area contributed by atoms with Gasteiger partial charge in [-0.05, 0) is 18.9 Å². The number of anilines is 1. The lowest BCUT2D eigenvalue weighted by molar-refractivity contribution is -0.171. The van der Waals surface area contributed by atoms with Crippen LogP contribution in [-0.2, 0) is 10.3 Å². The Morgan fingerprint density at radius 3 is 2.26 bits per heavy atom. The zero-order valence-corrected chi connectivity index (χ0v) is 15.3. The van der Waals surface area contributed by atoms with Crippen LogP contribution in [0.4, 0.5) is 32.3 Å². The van der Waals surface area contributed by atoms with Crippen molar-refractivity contribution >= 4 is 11.9 Å². The summed E-state index contributed by atoms with van der Waals surface area (Å²) >= 11 is 0. The van der Waals surface area contributed by atoms with Crippen molar-refractivity contribution in [3.8, 4) is 11.5 Å². The predicted octanol–water partition coefficient (Wildman–Crippen LogP) is 4.19. The number of hydrogen-bond donors (Lipinski definition) is 0. The second-order valence-corrected chi connectivity index (χ2v) is 6.67. The van der Waals surface area contributed by atoms with Crippen LogP contribution in [0.5, 0.6) is 0 Å². The molecule has 162 valence electrons. The number of carbonyl (C=O) groups excluding carboxylic acids is 1. The molecule has 1 aliphatic carbocycles. The SMILES string of the molecule is O=C(N(c1ncc(-c2nnc(C(F)F)o2)cn1)C1(c2ccccc2F)CC1)C(F)(F)F. The van der Waals surface area contributed by atoms with E-state index in [9.17, 15) is 31.1 Å². The molecule has 1 amide bonds. The molecule has 7 nitrogen and oxygen atoms in total. The van der Waals surface area contributed by atoms with Crippen LogP contribution in [-0.4, -0.2) is 32.2 Å². The lowest BCUT2D eigenvalue weighted by atomic mass is 10.0. The minimum absolute atomic E-state index is 0.0571. The van der Waals surface area contributed by atoms with E-state index in [0.29, 0.717) is 4.90 Å². The monoisotopic (exact) mass is 443 g/mol. The molecule has 0 atom stereocenters. The molecule has 0 N–H and O–H groups in total. The van der Waals surface area contributed by atoms with Crippen LogP contribution in [0.25, 0.3) is 11.5 Å². The smallest absolute Gasteiger partial charge is 0.415 e. The third-order valence-electron chi connectivity index (χ3n) is 4.68. The molecule has 0 aliphatic heterocycles. The van der Waals surface area contributed by atoms with Crippen molar-refractivity contribution in [3.05, 3.63) is 53.9 Å². The normalized spacial score (nSPS) is 15.2. The number of hydrogen-bond acceptors (Lipinski definition) is 6. The lowest BCUT2D eigenvalue weighted by Gasteiger charge is -2.31. The number of carbonyl (C=O) groups is 1. The van der Waals surface area contributed by atoms with Crippen molar-refractivity contribution < 1.29 is 35.6 Å². The minimum Gasteiger partial charge on any atom is -0.415 e. The highest BCUT2D eigenvalue weighted by molar-refractivity contribution is 5.98. The molecule has 0 bridgehead atoms. The Kier molecular flexibility index (Phi) is 4.90. The zero-order chi connectivity index (χ0) is 22.4. The van der Waals surface area contributed by atoms with Gasteiger partial charge in [-0.2, -0.15) is 22.0 Å². The van der Waals surface area contributed by atoms with Crippen LogP contribution in [0.15, 0.2) is 41.1 Å². The van der Waals surface area contributed by atoms with Crippen molar-refractivity contribution in [2.75, 3.05) is 4.90 Å². The van der Waals surface area contributed by atoms with Gasteiger partial charge in [0.25, 0.3) is 11.8 Å². The van der Waals surface area contributed by atoms with Gasteiger partial charge in [0, 0.05) is 18.0 Å². The van der Waals surface area contributed by atoms with E-state index in [-0.39, 0.29) is 29.9 Å². The summed E-state index contributed by atoms with van der Waals surface area (Å²) in [5.74, 6) is -5.02. The molecular formula is C18H11F6N5O2. The average molecular weight is 443 g/mol. The maximum Gasteiger partial charge on any atom is 0.471 e. The number of aromatic nitrogens is 4. The second-order valence-electron chi connectivity index (χ2n) is 6.67. The van der Waals surface area contributed by atoms with E-state index >= 15 is 0 Å². The standard InChI is InChI=1S/C18H11F6N5O2/c19-11-4-2-1-3-10(11)17(5-6-17)29(15(30)18(22,23)24)16-25-7-9(8-26-16)13-27-28-14(31-13)12(20)21/h1-4,7-8,12H,5-6H2. The molecule has 1 aromatic carbocycles. The minimum atomic E-state index is -5.28. The summed E-state index contributed by atoms with van der Waals surface area (Å²) in [6.07, 6.45) is -6.29. The van der Waals surface area contributed by atoms with Crippen LogP contribution in [0.1, 0.15) is 30.7 Å². The van der Waals surface area contributed by atoms with Gasteiger partial charge in [-0.25, -0.2) is 14.4 Å². The Labute approximate surface area is 169 Å². The van der Waals surface area contributed by atoms with Crippen LogP contribution < -0.4 is 4.90 Å². The zero-order valence-electron chi connectivity index (χ0n) is 15.3. The maximum atomic E-state index is 14.4. The van der Waals surface area contributed by atoms with E-state index in [1.807, 2.05) is 0 Å². The first-order valence-electron chi connectivity index (χ1n) is 8.74. The quantitative estimate of drug-likeness (QED) is 0.550. The van der Waals surface area contributed by atoms with Gasteiger partial charge in [-0.15, -0.1) is 10.2 Å². The number of benzene rings is 1. The summed E-state index contributed by atoms with van der Waals surface area (Å²) in [6, 6.07) is 5.17. The predicted molar refractivity (Wildman–Crippen MR) is 91.1 cm³/mol. The Morgan fingerprint density at radius 2 is 1.74 bits per heavy atom. The molecule has 0 saturated heterocycles. The van der Waals surface area contributed by atoms with Crippen molar-refractivity contribution in [2.45, 2.75) is 31.0 Å². The molecule has 3 aromatic rings. The number of alkyl halides is 5. The van der Waals surface area contributed by atoms with E-state index in [0.717, 1.165) is 18.5 Å². The fourth-order valence-electron chi connectivity index (χ4n) is 3.16. The lowest BCUT2D eigenvalue weighted by Crippen LogP contribution is -2.48. The average Bonchev–Trinajstić information content (AvgIpc) is 3.34. The van der Waals surface area contributed by atoms with Crippen LogP contribution >= 0.6 is 0 Å². The molecule has 0 unspecified atom stereocenters. The molecule has 0 spiro atoms. The molecule has 1 saturated carbocycles. The third kappa shape index (κ3) is 3.70. The van der Waals surface area contributed by atoms with E-state index < -0.39 is 41.7 Å². The fourth-order valence-corrected chi connectivity index (χ4v) is 3.16. The Balaban J connectivity index is 1.75. The van der Waals surface area contributed by atoms with Gasteiger partial charge in [0.2, 0.25) is 5.95 Å². The van der Waals surface area contributed by atoms with Gasteiger partial charge < -0.3 is 4.42 Å². The van der Waals surface area contributed by atoms with E-state index in [1.165, 1.54) is 18.2 Å². The number of nitrogens with zero attached hydrogens (tertiary/aromatic N) is 5. The summed E-state index contributed by atoms with van der Waals surface area (Å²) in [7, 11) is 0. The number of rotatable bonds is 5. The molecule has 0 radical (unpaired) electrons. The van der Waals surface area contributed by atoms with Gasteiger partial charge >= 0.3 is 18.5 Å². The van der Waals surface area contributed by atoms with Gasteiger partial charge in [-0.1, -0.05) is 18.2 Å². The van der Waals surface area contributed by atoms with Gasteiger partial charge in [0.15, 0.2) is 0 Å². The van der Waals surface area contributed by atoms with Crippen molar-refractivity contribution in [3.63, 3.8) is 0 Å². The maximum absolute atomic E-state index is 14.4. The highest BCUT2D eigenvalue weighted by Crippen LogP contribution is 2.53. The van der Waals surface area contributed by atoms with Crippen molar-refractivity contribution in [1.29, 1.82) is 0 Å². The first-order valence-corrected chi connectivity index (χ1v) is 8.74. The molecule has 1 fully saturated rings. The summed E-state index contributed by atoms with van der Waals surface area (Å²) in [5.41, 5.74) is -1.76. The molecule has 2 aromatic heterocycles. The first kappa shape index (κ1) is 20.8. The van der Waals surface area contributed by atoms with E-state index in [2.05, 4.69) is 20.2 Å². The molecule has 1 aliphatic rings. The molecule has 2 heterocycles. The van der Waals surface area contributed by atoms with Gasteiger partial charge in [0.1, 0.15) is 5.82 Å². The summed E-state index contributed by atoms with van der Waals surface area (Å²) < 4.78 is 84.3. The van der Waals surface area contributed by atoms with E-state index in [1.54, 1.807) is 0 Å². The Bertz CT molecular complexity index is 1110. The van der Waals surface area contributed by atoms with Crippen LogP contribution in [0.3, 0.4) is 0 Å². The topological polar surface area (TPSA) is 85.0 Å². The van der Waals surface area contributed by atoms with Crippen molar-refractivity contribution in [2.24, 2.45) is 0 Å². The Hall–Kier alpha value is -3.51. The summed E-state index contributed by atoms with van der Waals surface area (Å²) in [6.45, 7) is 0. The van der Waals surface area contributed by atoms with E-state index in [4.69, 9.17) is 4.42 Å².